The monoisotopic (exact) mass is 344 g/mol. The number of ketones is 1. The summed E-state index contributed by atoms with van der Waals surface area (Å²) in [5, 5.41) is 0. The van der Waals surface area contributed by atoms with E-state index in [0.717, 1.165) is 15.8 Å². The van der Waals surface area contributed by atoms with Gasteiger partial charge < -0.3 is 0 Å². The summed E-state index contributed by atoms with van der Waals surface area (Å²) in [6, 6.07) is 9.25. The third-order valence-electron chi connectivity index (χ3n) is 3.03. The van der Waals surface area contributed by atoms with Crippen LogP contribution >= 0.6 is 15.9 Å². The zero-order valence-electron chi connectivity index (χ0n) is 10.8. The fourth-order valence-electron chi connectivity index (χ4n) is 1.97. The minimum Gasteiger partial charge on any atom is -0.299 e. The number of rotatable bonds is 3. The third-order valence-corrected chi connectivity index (χ3v) is 3.50. The fourth-order valence-corrected chi connectivity index (χ4v) is 2.31. The third kappa shape index (κ3) is 2.92. The van der Waals surface area contributed by atoms with Crippen LogP contribution in [-0.4, -0.2) is 15.2 Å². The van der Waals surface area contributed by atoms with Gasteiger partial charge in [-0.15, -0.1) is 0 Å². The summed E-state index contributed by atoms with van der Waals surface area (Å²) in [4.78, 5) is 16.3. The lowest BCUT2D eigenvalue weighted by molar-refractivity contribution is 0.104. The number of carbonyl (C=O) groups excluding carboxylic acids is 1. The van der Waals surface area contributed by atoms with E-state index >= 15 is 0 Å². The van der Waals surface area contributed by atoms with Gasteiger partial charge in [0.2, 0.25) is 0 Å². The molecule has 0 saturated heterocycles. The topological polar surface area (TPSA) is 34.4 Å². The van der Waals surface area contributed by atoms with Gasteiger partial charge in [-0.1, -0.05) is 0 Å². The van der Waals surface area contributed by atoms with Gasteiger partial charge >= 0.3 is 0 Å². The van der Waals surface area contributed by atoms with Crippen LogP contribution in [0.2, 0.25) is 0 Å². The first-order valence-electron chi connectivity index (χ1n) is 6.24. The number of benzene rings is 1. The Labute approximate surface area is 128 Å². The number of carbonyl (C=O) groups is 1. The summed E-state index contributed by atoms with van der Waals surface area (Å²) in [5.74, 6) is -0.540. The zero-order chi connectivity index (χ0) is 14.8. The molecule has 0 unspecified atom stereocenters. The van der Waals surface area contributed by atoms with Crippen LogP contribution in [0.4, 0.5) is 4.39 Å². The van der Waals surface area contributed by atoms with Crippen molar-refractivity contribution in [1.29, 1.82) is 0 Å². The second-order valence-electron chi connectivity index (χ2n) is 4.46. The lowest BCUT2D eigenvalue weighted by Gasteiger charge is -1.98. The molecule has 21 heavy (non-hydrogen) atoms. The molecule has 2 aromatic heterocycles. The van der Waals surface area contributed by atoms with Crippen molar-refractivity contribution in [2.24, 2.45) is 0 Å². The lowest BCUT2D eigenvalue weighted by atomic mass is 10.1. The van der Waals surface area contributed by atoms with E-state index in [1.54, 1.807) is 12.3 Å². The van der Waals surface area contributed by atoms with Crippen molar-refractivity contribution >= 4 is 33.4 Å². The highest BCUT2D eigenvalue weighted by atomic mass is 79.9. The van der Waals surface area contributed by atoms with Gasteiger partial charge in [-0.3, -0.25) is 9.20 Å². The number of hydrogen-bond donors (Lipinski definition) is 0. The summed E-state index contributed by atoms with van der Waals surface area (Å²) in [6.45, 7) is 0. The lowest BCUT2D eigenvalue weighted by Crippen LogP contribution is -1.94. The quantitative estimate of drug-likeness (QED) is 0.528. The number of pyridine rings is 1. The zero-order valence-corrected chi connectivity index (χ0v) is 12.4. The van der Waals surface area contributed by atoms with Crippen molar-refractivity contribution in [2.45, 2.75) is 0 Å². The number of fused-ring (bicyclic) bond motifs is 1. The van der Waals surface area contributed by atoms with E-state index < -0.39 is 0 Å². The second-order valence-corrected chi connectivity index (χ2v) is 5.38. The molecule has 3 rings (SSSR count). The van der Waals surface area contributed by atoms with Crippen molar-refractivity contribution in [2.75, 3.05) is 0 Å². The molecule has 0 amide bonds. The van der Waals surface area contributed by atoms with Crippen molar-refractivity contribution in [3.63, 3.8) is 0 Å². The Kier molecular flexibility index (Phi) is 3.66. The Morgan fingerprint density at radius 2 is 1.95 bits per heavy atom. The molecule has 0 saturated carbocycles. The van der Waals surface area contributed by atoms with Gasteiger partial charge in [-0.25, -0.2) is 9.37 Å². The Morgan fingerprint density at radius 1 is 1.19 bits per heavy atom. The molecule has 0 N–H and O–H groups in total. The highest BCUT2D eigenvalue weighted by Crippen LogP contribution is 2.15. The number of hydrogen-bond acceptors (Lipinski definition) is 2. The van der Waals surface area contributed by atoms with E-state index in [9.17, 15) is 9.18 Å². The van der Waals surface area contributed by atoms with Gasteiger partial charge in [-0.2, -0.15) is 0 Å². The van der Waals surface area contributed by atoms with Crippen molar-refractivity contribution < 1.29 is 9.18 Å². The second kappa shape index (κ2) is 5.61. The number of halogens is 2. The van der Waals surface area contributed by atoms with Gasteiger partial charge in [0.25, 0.3) is 0 Å². The van der Waals surface area contributed by atoms with Crippen LogP contribution in [-0.2, 0) is 0 Å². The maximum atomic E-state index is 12.8. The Bertz CT molecular complexity index is 837. The molecule has 104 valence electrons. The summed E-state index contributed by atoms with van der Waals surface area (Å²) >= 11 is 3.40. The van der Waals surface area contributed by atoms with Crippen LogP contribution in [0.1, 0.15) is 16.1 Å². The fraction of sp³-hybridized carbons (Fsp3) is 0. The molecule has 0 spiro atoms. The van der Waals surface area contributed by atoms with Crippen LogP contribution in [0, 0.1) is 5.82 Å². The molecule has 0 aliphatic rings. The summed E-state index contributed by atoms with van der Waals surface area (Å²) in [6.07, 6.45) is 6.72. The maximum Gasteiger partial charge on any atom is 0.185 e. The molecule has 0 aliphatic heterocycles. The molecule has 3 aromatic rings. The molecule has 3 nitrogen and oxygen atoms in total. The predicted molar refractivity (Wildman–Crippen MR) is 82.7 cm³/mol. The van der Waals surface area contributed by atoms with Crippen LogP contribution in [0.25, 0.3) is 11.7 Å². The number of aromatic nitrogens is 2. The molecule has 0 bridgehead atoms. The highest BCUT2D eigenvalue weighted by molar-refractivity contribution is 9.10. The minimum atomic E-state index is -0.359. The summed E-state index contributed by atoms with van der Waals surface area (Å²) in [7, 11) is 0. The smallest absolute Gasteiger partial charge is 0.185 e. The average molecular weight is 345 g/mol. The van der Waals surface area contributed by atoms with Crippen molar-refractivity contribution in [3.05, 3.63) is 76.4 Å². The molecule has 0 atom stereocenters. The van der Waals surface area contributed by atoms with Gasteiger partial charge in [-0.05, 0) is 64.5 Å². The minimum absolute atomic E-state index is 0.181. The van der Waals surface area contributed by atoms with Crippen LogP contribution in [0.3, 0.4) is 0 Å². The van der Waals surface area contributed by atoms with Crippen molar-refractivity contribution in [3.8, 4) is 0 Å². The number of imidazole rings is 1. The highest BCUT2D eigenvalue weighted by Gasteiger charge is 2.04. The van der Waals surface area contributed by atoms with E-state index in [0.29, 0.717) is 5.56 Å². The largest absolute Gasteiger partial charge is 0.299 e. The SMILES string of the molecule is O=C(/C=C/c1cnc2ccc(Br)cn12)c1ccc(F)cc1. The first-order valence-corrected chi connectivity index (χ1v) is 7.03. The van der Waals surface area contributed by atoms with Crippen LogP contribution in [0.15, 0.2) is 59.3 Å². The first-order chi connectivity index (χ1) is 10.1. The predicted octanol–water partition coefficient (Wildman–Crippen LogP) is 4.13. The summed E-state index contributed by atoms with van der Waals surface area (Å²) in [5.41, 5.74) is 2.04. The Balaban J connectivity index is 1.89. The molecule has 5 heteroatoms. The van der Waals surface area contributed by atoms with E-state index in [1.165, 1.54) is 30.3 Å². The van der Waals surface area contributed by atoms with Crippen molar-refractivity contribution in [1.82, 2.24) is 9.38 Å². The molecular weight excluding hydrogens is 335 g/mol. The van der Waals surface area contributed by atoms with E-state index in [1.807, 2.05) is 22.7 Å². The van der Waals surface area contributed by atoms with Gasteiger partial charge in [0, 0.05) is 16.2 Å². The maximum absolute atomic E-state index is 12.8. The van der Waals surface area contributed by atoms with Gasteiger partial charge in [0.15, 0.2) is 5.78 Å². The van der Waals surface area contributed by atoms with E-state index in [4.69, 9.17) is 0 Å². The van der Waals surface area contributed by atoms with Crippen LogP contribution < -0.4 is 0 Å². The molecule has 0 fully saturated rings. The normalized spacial score (nSPS) is 11.3. The van der Waals surface area contributed by atoms with E-state index in [-0.39, 0.29) is 11.6 Å². The first kappa shape index (κ1) is 13.7. The Hall–Kier alpha value is -2.27. The van der Waals surface area contributed by atoms with E-state index in [2.05, 4.69) is 20.9 Å². The molecule has 0 radical (unpaired) electrons. The molecule has 0 aliphatic carbocycles. The summed E-state index contributed by atoms with van der Waals surface area (Å²) < 4.78 is 15.6. The van der Waals surface area contributed by atoms with Gasteiger partial charge in [0.05, 0.1) is 11.9 Å². The molecule has 2 heterocycles. The Morgan fingerprint density at radius 3 is 2.71 bits per heavy atom. The molecular formula is C16H10BrFN2O. The average Bonchev–Trinajstić information content (AvgIpc) is 2.88. The standard InChI is InChI=1S/C16H10BrFN2O/c17-12-3-8-16-19-9-14(20(16)10-12)6-7-15(21)11-1-4-13(18)5-2-11/h1-10H/b7-6+. The van der Waals surface area contributed by atoms with Gasteiger partial charge in [0.1, 0.15) is 11.5 Å². The number of allylic oxidation sites excluding steroid dienone is 1. The molecule has 1 aromatic carbocycles. The van der Waals surface area contributed by atoms with Crippen LogP contribution in [0.5, 0.6) is 0 Å². The number of nitrogens with zero attached hydrogens (tertiary/aromatic N) is 2.